The average molecular weight is 313 g/mol. The van der Waals surface area contributed by atoms with E-state index in [-0.39, 0.29) is 17.9 Å². The van der Waals surface area contributed by atoms with Crippen molar-refractivity contribution >= 4 is 17.7 Å². The molecule has 1 amide bonds. The zero-order chi connectivity index (χ0) is 15.1. The summed E-state index contributed by atoms with van der Waals surface area (Å²) in [6.45, 7) is 2.86. The van der Waals surface area contributed by atoms with Crippen molar-refractivity contribution in [1.82, 2.24) is 14.9 Å². The zero-order valence-electron chi connectivity index (χ0n) is 12.6. The molecule has 4 nitrogen and oxygen atoms in total. The predicted octanol–water partition coefficient (Wildman–Crippen LogP) is 2.51. The summed E-state index contributed by atoms with van der Waals surface area (Å²) in [4.78, 5) is 18.4. The van der Waals surface area contributed by atoms with Crippen molar-refractivity contribution in [3.63, 3.8) is 0 Å². The molecule has 0 bridgehead atoms. The van der Waals surface area contributed by atoms with Gasteiger partial charge in [-0.2, -0.15) is 0 Å². The Morgan fingerprint density at radius 1 is 1.41 bits per heavy atom. The van der Waals surface area contributed by atoms with Gasteiger partial charge < -0.3 is 9.88 Å². The van der Waals surface area contributed by atoms with E-state index in [0.717, 1.165) is 36.7 Å². The van der Waals surface area contributed by atoms with Crippen LogP contribution in [0.1, 0.15) is 29.4 Å². The molecule has 5 heteroatoms. The van der Waals surface area contributed by atoms with Gasteiger partial charge in [0.05, 0.1) is 11.6 Å². The summed E-state index contributed by atoms with van der Waals surface area (Å²) >= 11 is 1.78. The molecule has 0 aliphatic carbocycles. The molecule has 114 valence electrons. The van der Waals surface area contributed by atoms with Crippen molar-refractivity contribution in [2.75, 3.05) is 5.75 Å². The van der Waals surface area contributed by atoms with Gasteiger partial charge in [-0.3, -0.25) is 4.79 Å². The monoisotopic (exact) mass is 313 g/mol. The molecule has 0 saturated carbocycles. The molecule has 22 heavy (non-hydrogen) atoms. The van der Waals surface area contributed by atoms with Gasteiger partial charge in [-0.05, 0) is 25.0 Å². The fourth-order valence-corrected chi connectivity index (χ4v) is 4.61. The van der Waals surface area contributed by atoms with Gasteiger partial charge >= 0.3 is 0 Å². The van der Waals surface area contributed by atoms with Crippen LogP contribution in [0.15, 0.2) is 35.4 Å². The molecule has 2 aromatic rings. The van der Waals surface area contributed by atoms with E-state index in [1.807, 2.05) is 19.1 Å². The van der Waals surface area contributed by atoms with Crippen molar-refractivity contribution in [1.29, 1.82) is 0 Å². The number of carbonyl (C=O) groups is 1. The lowest BCUT2D eigenvalue weighted by Gasteiger charge is -2.26. The molecule has 1 N–H and O–H groups in total. The Morgan fingerprint density at radius 3 is 3.18 bits per heavy atom. The molecule has 0 radical (unpaired) electrons. The third-order valence-electron chi connectivity index (χ3n) is 4.48. The quantitative estimate of drug-likeness (QED) is 0.927. The summed E-state index contributed by atoms with van der Waals surface area (Å²) in [6, 6.07) is 8.46. The van der Waals surface area contributed by atoms with Crippen LogP contribution in [0.25, 0.3) is 0 Å². The molecule has 2 unspecified atom stereocenters. The molecule has 2 aliphatic heterocycles. The standard InChI is InChI=1S/C17H19N3OS/c1-11-8-20-9-12(6-7-16(20)18-11)19-17(21)14-10-22-15-5-3-2-4-13(14)15/h2-5,8,12,14H,6-7,9-10H2,1H3,(H,19,21). The van der Waals surface area contributed by atoms with E-state index in [0.29, 0.717) is 0 Å². The number of imidazole rings is 1. The van der Waals surface area contributed by atoms with Crippen molar-refractivity contribution in [3.05, 3.63) is 47.5 Å². The molecule has 4 rings (SSSR count). The van der Waals surface area contributed by atoms with Crippen LogP contribution in [0.2, 0.25) is 0 Å². The largest absolute Gasteiger partial charge is 0.351 e. The maximum absolute atomic E-state index is 12.6. The number of benzene rings is 1. The van der Waals surface area contributed by atoms with Crippen molar-refractivity contribution in [3.8, 4) is 0 Å². The second-order valence-corrected chi connectivity index (χ2v) is 7.16. The van der Waals surface area contributed by atoms with Gasteiger partial charge in [-0.15, -0.1) is 11.8 Å². The number of carbonyl (C=O) groups excluding carboxylic acids is 1. The summed E-state index contributed by atoms with van der Waals surface area (Å²) in [6.07, 6.45) is 3.99. The van der Waals surface area contributed by atoms with Crippen molar-refractivity contribution in [2.24, 2.45) is 0 Å². The number of rotatable bonds is 2. The zero-order valence-corrected chi connectivity index (χ0v) is 13.4. The fraction of sp³-hybridized carbons (Fsp3) is 0.412. The topological polar surface area (TPSA) is 46.9 Å². The number of amides is 1. The molecule has 1 aromatic carbocycles. The fourth-order valence-electron chi connectivity index (χ4n) is 3.39. The molecular formula is C17H19N3OS. The number of aryl methyl sites for hydroxylation is 2. The third-order valence-corrected chi connectivity index (χ3v) is 5.66. The number of hydrogen-bond donors (Lipinski definition) is 1. The van der Waals surface area contributed by atoms with Crippen LogP contribution in [-0.2, 0) is 17.8 Å². The third kappa shape index (κ3) is 2.43. The lowest BCUT2D eigenvalue weighted by atomic mass is 9.99. The summed E-state index contributed by atoms with van der Waals surface area (Å²) in [5, 5.41) is 3.25. The van der Waals surface area contributed by atoms with Gasteiger partial charge in [0.25, 0.3) is 0 Å². The van der Waals surface area contributed by atoms with Crippen LogP contribution >= 0.6 is 11.8 Å². The summed E-state index contributed by atoms with van der Waals surface area (Å²) < 4.78 is 2.18. The highest BCUT2D eigenvalue weighted by Gasteiger charge is 2.31. The first-order valence-corrected chi connectivity index (χ1v) is 8.74. The molecule has 0 saturated heterocycles. The van der Waals surface area contributed by atoms with Crippen LogP contribution in [0.3, 0.4) is 0 Å². The summed E-state index contributed by atoms with van der Waals surface area (Å²) in [7, 11) is 0. The summed E-state index contributed by atoms with van der Waals surface area (Å²) in [5.41, 5.74) is 2.24. The van der Waals surface area contributed by atoms with Gasteiger partial charge in [0, 0.05) is 35.9 Å². The number of fused-ring (bicyclic) bond motifs is 2. The van der Waals surface area contributed by atoms with E-state index < -0.39 is 0 Å². The number of hydrogen-bond acceptors (Lipinski definition) is 3. The molecule has 0 fully saturated rings. The van der Waals surface area contributed by atoms with E-state index in [4.69, 9.17) is 0 Å². The van der Waals surface area contributed by atoms with Crippen LogP contribution in [0.4, 0.5) is 0 Å². The lowest BCUT2D eigenvalue weighted by molar-refractivity contribution is -0.123. The Hall–Kier alpha value is -1.75. The van der Waals surface area contributed by atoms with E-state index in [9.17, 15) is 4.79 Å². The number of nitrogens with one attached hydrogen (secondary N) is 1. The minimum atomic E-state index is -0.00730. The second kappa shape index (κ2) is 5.47. The Kier molecular flexibility index (Phi) is 3.45. The van der Waals surface area contributed by atoms with Crippen LogP contribution in [0, 0.1) is 6.92 Å². The smallest absolute Gasteiger partial charge is 0.228 e. The van der Waals surface area contributed by atoms with Crippen molar-refractivity contribution in [2.45, 2.75) is 43.2 Å². The molecular weight excluding hydrogens is 294 g/mol. The summed E-state index contributed by atoms with van der Waals surface area (Å²) in [5.74, 6) is 2.16. The van der Waals surface area contributed by atoms with E-state index in [1.54, 1.807) is 11.8 Å². The number of nitrogens with zero attached hydrogens (tertiary/aromatic N) is 2. The minimum absolute atomic E-state index is 0.00730. The van der Waals surface area contributed by atoms with Gasteiger partial charge in [0.1, 0.15) is 5.82 Å². The van der Waals surface area contributed by atoms with Gasteiger partial charge in [0.15, 0.2) is 0 Å². The Bertz CT molecular complexity index is 724. The van der Waals surface area contributed by atoms with E-state index in [1.165, 1.54) is 10.5 Å². The molecule has 1 aromatic heterocycles. The Morgan fingerprint density at radius 2 is 2.27 bits per heavy atom. The van der Waals surface area contributed by atoms with Gasteiger partial charge in [-0.1, -0.05) is 18.2 Å². The first-order chi connectivity index (χ1) is 10.7. The first kappa shape index (κ1) is 13.9. The molecule has 3 heterocycles. The van der Waals surface area contributed by atoms with Gasteiger partial charge in [-0.25, -0.2) is 4.98 Å². The number of thioether (sulfide) groups is 1. The second-order valence-electron chi connectivity index (χ2n) is 6.10. The molecule has 2 atom stereocenters. The van der Waals surface area contributed by atoms with Crippen LogP contribution in [0.5, 0.6) is 0 Å². The maximum atomic E-state index is 12.6. The van der Waals surface area contributed by atoms with Crippen LogP contribution < -0.4 is 5.32 Å². The van der Waals surface area contributed by atoms with E-state index in [2.05, 4.69) is 33.2 Å². The minimum Gasteiger partial charge on any atom is -0.351 e. The predicted molar refractivity (Wildman–Crippen MR) is 87.1 cm³/mol. The van der Waals surface area contributed by atoms with Crippen molar-refractivity contribution < 1.29 is 4.79 Å². The highest BCUT2D eigenvalue weighted by molar-refractivity contribution is 7.99. The highest BCUT2D eigenvalue weighted by Crippen LogP contribution is 2.39. The highest BCUT2D eigenvalue weighted by atomic mass is 32.2. The molecule has 2 aliphatic rings. The normalized spacial score (nSPS) is 23.0. The van der Waals surface area contributed by atoms with Gasteiger partial charge in [0.2, 0.25) is 5.91 Å². The average Bonchev–Trinajstić information content (AvgIpc) is 3.09. The Balaban J connectivity index is 1.45. The number of aromatic nitrogens is 2. The lowest BCUT2D eigenvalue weighted by Crippen LogP contribution is -2.43. The maximum Gasteiger partial charge on any atom is 0.228 e. The SMILES string of the molecule is Cc1cn2c(n1)CCC(NC(=O)C1CSc3ccccc31)C2. The molecule has 0 spiro atoms. The first-order valence-electron chi connectivity index (χ1n) is 7.75. The van der Waals surface area contributed by atoms with Crippen LogP contribution in [-0.4, -0.2) is 27.3 Å². The van der Waals surface area contributed by atoms with E-state index >= 15 is 0 Å². The Labute approximate surface area is 134 Å².